The second kappa shape index (κ2) is 44.1. The number of benzene rings is 14. The molecule has 4 saturated heterocycles. The number of unbranched alkanes of at least 4 members (excludes halogenated alkanes) is 8. The number of fused-ring (bicyclic) bond motifs is 8. The van der Waals surface area contributed by atoms with Crippen molar-refractivity contribution in [3.63, 3.8) is 0 Å². The van der Waals surface area contributed by atoms with Gasteiger partial charge in [0.2, 0.25) is 0 Å². The number of rotatable bonds is 48. The second-order valence-electron chi connectivity index (χ2n) is 37.1. The van der Waals surface area contributed by atoms with Crippen LogP contribution in [0, 0.1) is 21.7 Å². The molecule has 0 radical (unpaired) electrons. The van der Waals surface area contributed by atoms with E-state index in [-0.39, 0.29) is 21.7 Å². The maximum atomic E-state index is 6.32. The largest absolute Gasteiger partial charge is 0.381 e. The van der Waals surface area contributed by atoms with Crippen molar-refractivity contribution < 1.29 is 56.8 Å². The predicted octanol–water partition coefficient (Wildman–Crippen LogP) is 27.8. The molecule has 0 N–H and O–H groups in total. The van der Waals surface area contributed by atoms with E-state index in [1.807, 2.05) is 0 Å². The summed E-state index contributed by atoms with van der Waals surface area (Å²) in [6, 6.07) is 90.0. The smallest absolute Gasteiger partial charge is 0.0722 e. The number of ether oxygens (including phenoxy) is 12. The first-order valence-corrected chi connectivity index (χ1v) is 48.1. The van der Waals surface area contributed by atoms with Gasteiger partial charge >= 0.3 is 0 Å². The van der Waals surface area contributed by atoms with Crippen molar-refractivity contribution in [2.75, 3.05) is 132 Å². The lowest BCUT2D eigenvalue weighted by Crippen LogP contribution is -2.45. The fourth-order valence-corrected chi connectivity index (χ4v) is 19.4. The van der Waals surface area contributed by atoms with E-state index in [0.29, 0.717) is 26.4 Å². The zero-order valence-electron chi connectivity index (χ0n) is 76.3. The van der Waals surface area contributed by atoms with Gasteiger partial charge < -0.3 is 56.8 Å². The second-order valence-corrected chi connectivity index (χ2v) is 37.1. The Bertz CT molecular complexity index is 5700. The maximum absolute atomic E-state index is 6.32. The quantitative estimate of drug-likeness (QED) is 0.0267. The number of hydrogen-bond acceptors (Lipinski definition) is 12. The molecule has 0 aliphatic carbocycles. The van der Waals surface area contributed by atoms with Gasteiger partial charge in [-0.3, -0.25) is 0 Å². The van der Waals surface area contributed by atoms with E-state index >= 15 is 0 Å². The van der Waals surface area contributed by atoms with Crippen molar-refractivity contribution in [3.05, 3.63) is 265 Å². The SMILES string of the molecule is CCC1(COCCCCCOCc2ccc(-c3c4ccccc4c(-c4ccc(COCCCCCOCC5(CC)COC5)c5ccccc45)c4ccccc34)c3ccccc23)COC1.CCC1(COCCCCCOCc2ccc3cc(-c4c5ccccc5c(-c5ccc(COCCCCCOCC6(CC)COC6)c6ccccc56)c5ccccc45)ccc3c2)COC1. The zero-order chi connectivity index (χ0) is 87.2. The average molecular weight is 1720 g/mol. The summed E-state index contributed by atoms with van der Waals surface area (Å²) < 4.78 is 70.8. The molecule has 12 heteroatoms. The van der Waals surface area contributed by atoms with Gasteiger partial charge in [-0.2, -0.15) is 0 Å². The minimum atomic E-state index is 0.255. The molecule has 128 heavy (non-hydrogen) atoms. The summed E-state index contributed by atoms with van der Waals surface area (Å²) in [4.78, 5) is 0. The van der Waals surface area contributed by atoms with Crippen molar-refractivity contribution >= 4 is 86.2 Å². The van der Waals surface area contributed by atoms with Gasteiger partial charge in [-0.05, 0) is 268 Å². The molecule has 0 saturated carbocycles. The van der Waals surface area contributed by atoms with Gasteiger partial charge in [0.15, 0.2) is 0 Å². The highest BCUT2D eigenvalue weighted by Crippen LogP contribution is 2.50. The maximum Gasteiger partial charge on any atom is 0.0722 e. The van der Waals surface area contributed by atoms with Crippen LogP contribution in [0.1, 0.15) is 153 Å². The predicted molar refractivity (Wildman–Crippen MR) is 526 cm³/mol. The molecule has 18 rings (SSSR count). The van der Waals surface area contributed by atoms with Gasteiger partial charge in [0.1, 0.15) is 0 Å². The third-order valence-electron chi connectivity index (χ3n) is 28.2. The summed E-state index contributed by atoms with van der Waals surface area (Å²) in [5, 5.41) is 20.0. The Morgan fingerprint density at radius 2 is 0.461 bits per heavy atom. The Balaban J connectivity index is 0.000000180. The van der Waals surface area contributed by atoms with Crippen LogP contribution in [0.5, 0.6) is 0 Å². The molecular formula is C116H132O12. The van der Waals surface area contributed by atoms with Crippen LogP contribution in [-0.4, -0.2) is 132 Å². The van der Waals surface area contributed by atoms with E-state index < -0.39 is 0 Å². The summed E-state index contributed by atoms with van der Waals surface area (Å²) in [5.41, 5.74) is 16.0. The van der Waals surface area contributed by atoms with E-state index in [1.165, 1.54) is 153 Å². The molecule has 14 aromatic rings. The van der Waals surface area contributed by atoms with E-state index in [2.05, 4.69) is 270 Å². The molecule has 4 fully saturated rings. The van der Waals surface area contributed by atoms with Crippen molar-refractivity contribution in [3.8, 4) is 44.5 Å². The lowest BCUT2D eigenvalue weighted by molar-refractivity contribution is -0.150. The third-order valence-corrected chi connectivity index (χ3v) is 28.2. The monoisotopic (exact) mass is 1720 g/mol. The molecule has 0 aromatic heterocycles. The van der Waals surface area contributed by atoms with Crippen LogP contribution in [-0.2, 0) is 83.3 Å². The Hall–Kier alpha value is -9.32. The molecule has 12 nitrogen and oxygen atoms in total. The van der Waals surface area contributed by atoms with Gasteiger partial charge in [0, 0.05) is 74.5 Å². The molecule has 0 spiro atoms. The Morgan fingerprint density at radius 3 is 0.734 bits per heavy atom. The molecule has 0 unspecified atom stereocenters. The van der Waals surface area contributed by atoms with Crippen LogP contribution in [0.3, 0.4) is 0 Å². The first-order chi connectivity index (χ1) is 63.2. The van der Waals surface area contributed by atoms with Crippen LogP contribution < -0.4 is 0 Å². The van der Waals surface area contributed by atoms with E-state index in [9.17, 15) is 0 Å². The summed E-state index contributed by atoms with van der Waals surface area (Å²) in [7, 11) is 0. The normalized spacial score (nSPS) is 15.5. The summed E-state index contributed by atoms with van der Waals surface area (Å²) >= 11 is 0. The van der Waals surface area contributed by atoms with E-state index in [1.54, 1.807) is 0 Å². The zero-order valence-corrected chi connectivity index (χ0v) is 76.3. The van der Waals surface area contributed by atoms with Crippen LogP contribution in [0.15, 0.2) is 243 Å². The minimum Gasteiger partial charge on any atom is -0.381 e. The molecule has 668 valence electrons. The topological polar surface area (TPSA) is 111 Å². The van der Waals surface area contributed by atoms with Crippen molar-refractivity contribution in [2.45, 2.75) is 157 Å². The first-order valence-electron chi connectivity index (χ1n) is 48.1. The molecule has 14 aromatic carbocycles. The van der Waals surface area contributed by atoms with Crippen molar-refractivity contribution in [1.82, 2.24) is 0 Å². The molecule has 0 atom stereocenters. The third kappa shape index (κ3) is 21.0. The Labute approximate surface area is 758 Å². The van der Waals surface area contributed by atoms with E-state index in [4.69, 9.17) is 56.8 Å². The lowest BCUT2D eigenvalue weighted by Gasteiger charge is -2.40. The van der Waals surface area contributed by atoms with Crippen LogP contribution >= 0.6 is 0 Å². The van der Waals surface area contributed by atoms with Gasteiger partial charge in [0.05, 0.1) is 106 Å². The van der Waals surface area contributed by atoms with Gasteiger partial charge in [-0.25, -0.2) is 0 Å². The van der Waals surface area contributed by atoms with Crippen molar-refractivity contribution in [1.29, 1.82) is 0 Å². The fraction of sp³-hybridized carbons (Fsp3) is 0.414. The van der Waals surface area contributed by atoms with Crippen molar-refractivity contribution in [2.24, 2.45) is 21.7 Å². The van der Waals surface area contributed by atoms with Gasteiger partial charge in [0.25, 0.3) is 0 Å². The Kier molecular flexibility index (Phi) is 31.2. The molecule has 4 aliphatic rings. The first kappa shape index (κ1) is 90.6. The molecule has 4 aliphatic heterocycles. The summed E-state index contributed by atoms with van der Waals surface area (Å²) in [5.74, 6) is 0. The van der Waals surface area contributed by atoms with E-state index in [0.717, 1.165) is 235 Å². The molecule has 0 bridgehead atoms. The Morgan fingerprint density at radius 1 is 0.219 bits per heavy atom. The minimum absolute atomic E-state index is 0.255. The molecular weight excluding hydrogens is 1590 g/mol. The standard InChI is InChI=1S/2C58H66O6/c1-3-57(39-63-40-57)37-61-33-17-5-15-31-59-35-43-27-29-53(47-21-9-7-19-45(43)47)55-49-23-11-13-25-51(49)56(52-26-14-12-24-50(52)55)54-30-28-44(46-20-8-10-22-48(46)54)36-60-32-16-6-18-34-62-38-58(4-2)41-64-42-58;1-3-57(39-63-40-57)37-61-31-15-5-13-29-59-35-43-23-24-45-34-46(26-25-44(45)33-43)55-50-19-9-11-21-52(50)56(53-22-12-10-20-51(53)55)54-28-27-47(48-17-7-8-18-49(48)54)36-60-30-14-6-16-32-62-38-58(4-2)41-64-42-58/h7-14,19-30H,3-6,15-18,31-42H2,1-2H3;7-12,17-28,33-34H,3-6,13-16,29-32,35-42H2,1-2H3. The van der Waals surface area contributed by atoms with Crippen LogP contribution in [0.4, 0.5) is 0 Å². The van der Waals surface area contributed by atoms with Crippen LogP contribution in [0.2, 0.25) is 0 Å². The number of hydrogen-bond donors (Lipinski definition) is 0. The van der Waals surface area contributed by atoms with Gasteiger partial charge in [-0.1, -0.05) is 258 Å². The highest BCUT2D eigenvalue weighted by atomic mass is 16.5. The summed E-state index contributed by atoms with van der Waals surface area (Å²) in [6.45, 7) is 27.6. The lowest BCUT2D eigenvalue weighted by atomic mass is 9.83. The van der Waals surface area contributed by atoms with Crippen LogP contribution in [0.25, 0.3) is 131 Å². The summed E-state index contributed by atoms with van der Waals surface area (Å²) in [6.07, 6.45) is 17.3. The molecule has 0 amide bonds. The highest BCUT2D eigenvalue weighted by Gasteiger charge is 2.40. The van der Waals surface area contributed by atoms with Gasteiger partial charge in [-0.15, -0.1) is 0 Å². The average Bonchev–Trinajstić information content (AvgIpc) is 0.724. The highest BCUT2D eigenvalue weighted by molar-refractivity contribution is 6.26. The fourth-order valence-electron chi connectivity index (χ4n) is 19.4. The molecule has 4 heterocycles.